The van der Waals surface area contributed by atoms with Gasteiger partial charge in [0.2, 0.25) is 5.91 Å². The van der Waals surface area contributed by atoms with Gasteiger partial charge >= 0.3 is 0 Å². The molecule has 0 unspecified atom stereocenters. The van der Waals surface area contributed by atoms with Crippen molar-refractivity contribution in [2.75, 3.05) is 33.4 Å². The van der Waals surface area contributed by atoms with Gasteiger partial charge in [-0.3, -0.25) is 4.79 Å². The van der Waals surface area contributed by atoms with E-state index in [2.05, 4.69) is 40.7 Å². The van der Waals surface area contributed by atoms with Crippen molar-refractivity contribution in [2.45, 2.75) is 13.3 Å². The van der Waals surface area contributed by atoms with E-state index in [1.165, 1.54) is 22.0 Å². The summed E-state index contributed by atoms with van der Waals surface area (Å²) in [7, 11) is 1.64. The summed E-state index contributed by atoms with van der Waals surface area (Å²) in [5.74, 6) is 0.0159. The summed E-state index contributed by atoms with van der Waals surface area (Å²) in [5.41, 5.74) is 3.66. The van der Waals surface area contributed by atoms with Crippen LogP contribution < -0.4 is 10.6 Å². The maximum absolute atomic E-state index is 11.6. The maximum Gasteiger partial charge on any atom is 0.233 e. The van der Waals surface area contributed by atoms with Crippen molar-refractivity contribution in [3.8, 4) is 0 Å². The van der Waals surface area contributed by atoms with Crippen LogP contribution in [-0.4, -0.2) is 44.2 Å². The lowest BCUT2D eigenvalue weighted by atomic mass is 10.1. The van der Waals surface area contributed by atoms with Gasteiger partial charge in [0, 0.05) is 37.3 Å². The van der Waals surface area contributed by atoms with Gasteiger partial charge in [0.1, 0.15) is 0 Å². The lowest BCUT2D eigenvalue weighted by molar-refractivity contribution is -0.120. The molecule has 0 aliphatic rings. The van der Waals surface area contributed by atoms with Crippen molar-refractivity contribution >= 4 is 29.2 Å². The fraction of sp³-hybridized carbons (Fsp3) is 0.438. The van der Waals surface area contributed by atoms with Gasteiger partial charge in [-0.2, -0.15) is 0 Å². The van der Waals surface area contributed by atoms with Gasteiger partial charge in [0.25, 0.3) is 0 Å². The van der Waals surface area contributed by atoms with Crippen LogP contribution in [-0.2, 0) is 16.0 Å². The van der Waals surface area contributed by atoms with Gasteiger partial charge < -0.3 is 20.4 Å². The Balaban J connectivity index is 0.00000242. The Morgan fingerprint density at radius 2 is 2.14 bits per heavy atom. The van der Waals surface area contributed by atoms with Crippen LogP contribution in [0.5, 0.6) is 0 Å². The number of amides is 1. The second kappa shape index (κ2) is 9.46. The number of ether oxygens (including phenoxy) is 1. The molecular formula is C16H24ClN3O2. The molecule has 6 heteroatoms. The van der Waals surface area contributed by atoms with E-state index in [-0.39, 0.29) is 18.3 Å². The zero-order chi connectivity index (χ0) is 15.1. The minimum atomic E-state index is 0. The van der Waals surface area contributed by atoms with E-state index in [4.69, 9.17) is 4.74 Å². The van der Waals surface area contributed by atoms with Crippen molar-refractivity contribution in [3.05, 3.63) is 35.5 Å². The largest absolute Gasteiger partial charge is 0.383 e. The fourth-order valence-corrected chi connectivity index (χ4v) is 2.35. The molecule has 0 bridgehead atoms. The molecule has 0 saturated carbocycles. The average molecular weight is 326 g/mol. The zero-order valence-corrected chi connectivity index (χ0v) is 13.9. The molecule has 1 aromatic carbocycles. The summed E-state index contributed by atoms with van der Waals surface area (Å²) < 4.78 is 4.91. The second-order valence-electron chi connectivity index (χ2n) is 5.08. The summed E-state index contributed by atoms with van der Waals surface area (Å²) in [6, 6.07) is 6.27. The molecule has 0 atom stereocenters. The summed E-state index contributed by atoms with van der Waals surface area (Å²) in [6.45, 7) is 4.37. The molecule has 1 aromatic heterocycles. The quantitative estimate of drug-likeness (QED) is 0.648. The number of aromatic amines is 1. The number of benzene rings is 1. The highest BCUT2D eigenvalue weighted by molar-refractivity contribution is 5.86. The standard InChI is InChI=1S/C16H23N3O2.ClH/c1-12-4-3-5-14-13(10-19-16(12)14)6-7-18-15(20)11-17-8-9-21-2;/h3-5,10,17,19H,6-9,11H2,1-2H3,(H,18,20);1H. The topological polar surface area (TPSA) is 66.2 Å². The fourth-order valence-electron chi connectivity index (χ4n) is 2.35. The van der Waals surface area contributed by atoms with Crippen molar-refractivity contribution in [2.24, 2.45) is 0 Å². The smallest absolute Gasteiger partial charge is 0.233 e. The van der Waals surface area contributed by atoms with Crippen molar-refractivity contribution in [3.63, 3.8) is 0 Å². The molecular weight excluding hydrogens is 302 g/mol. The molecule has 0 aliphatic carbocycles. The van der Waals surface area contributed by atoms with Gasteiger partial charge in [-0.05, 0) is 24.5 Å². The maximum atomic E-state index is 11.6. The number of carbonyl (C=O) groups excluding carboxylic acids is 1. The van der Waals surface area contributed by atoms with Crippen LogP contribution in [0.25, 0.3) is 10.9 Å². The summed E-state index contributed by atoms with van der Waals surface area (Å²) in [6.07, 6.45) is 2.86. The monoisotopic (exact) mass is 325 g/mol. The van der Waals surface area contributed by atoms with Gasteiger partial charge in [0.15, 0.2) is 0 Å². The molecule has 0 radical (unpaired) electrons. The number of methoxy groups -OCH3 is 1. The van der Waals surface area contributed by atoms with Crippen LogP contribution in [0.2, 0.25) is 0 Å². The van der Waals surface area contributed by atoms with E-state index in [1.54, 1.807) is 7.11 Å². The molecule has 0 saturated heterocycles. The molecule has 0 fully saturated rings. The first-order valence-electron chi connectivity index (χ1n) is 7.24. The molecule has 3 N–H and O–H groups in total. The molecule has 5 nitrogen and oxygen atoms in total. The third-order valence-corrected chi connectivity index (χ3v) is 3.49. The number of carbonyl (C=O) groups is 1. The van der Waals surface area contributed by atoms with Crippen LogP contribution in [0, 0.1) is 6.92 Å². The van der Waals surface area contributed by atoms with E-state index in [9.17, 15) is 4.79 Å². The van der Waals surface area contributed by atoms with Crippen LogP contribution in [0.1, 0.15) is 11.1 Å². The number of H-pyrrole nitrogens is 1. The van der Waals surface area contributed by atoms with Crippen LogP contribution >= 0.6 is 12.4 Å². The zero-order valence-electron chi connectivity index (χ0n) is 13.1. The Morgan fingerprint density at radius 1 is 1.32 bits per heavy atom. The number of nitrogens with one attached hydrogen (secondary N) is 3. The van der Waals surface area contributed by atoms with Gasteiger partial charge in [0.05, 0.1) is 13.2 Å². The first-order valence-corrected chi connectivity index (χ1v) is 7.24. The highest BCUT2D eigenvalue weighted by Crippen LogP contribution is 2.21. The van der Waals surface area contributed by atoms with Gasteiger partial charge in [-0.1, -0.05) is 18.2 Å². The number of halogens is 1. The molecule has 0 aliphatic heterocycles. The number of hydrogen-bond acceptors (Lipinski definition) is 3. The first-order chi connectivity index (χ1) is 10.2. The van der Waals surface area contributed by atoms with Crippen molar-refractivity contribution < 1.29 is 9.53 Å². The number of fused-ring (bicyclic) bond motifs is 1. The molecule has 22 heavy (non-hydrogen) atoms. The van der Waals surface area contributed by atoms with E-state index in [0.29, 0.717) is 26.2 Å². The Bertz CT molecular complexity index is 598. The lowest BCUT2D eigenvalue weighted by Gasteiger charge is -2.06. The Hall–Kier alpha value is -1.56. The molecule has 0 spiro atoms. The van der Waals surface area contributed by atoms with E-state index >= 15 is 0 Å². The number of hydrogen-bond donors (Lipinski definition) is 3. The second-order valence-corrected chi connectivity index (χ2v) is 5.08. The first kappa shape index (κ1) is 18.5. The minimum Gasteiger partial charge on any atom is -0.383 e. The van der Waals surface area contributed by atoms with Gasteiger partial charge in [-0.15, -0.1) is 12.4 Å². The predicted molar refractivity (Wildman–Crippen MR) is 91.7 cm³/mol. The summed E-state index contributed by atoms with van der Waals surface area (Å²) >= 11 is 0. The molecule has 2 rings (SSSR count). The number of rotatable bonds is 8. The summed E-state index contributed by atoms with van der Waals surface area (Å²) in [5, 5.41) is 7.18. The Kier molecular flexibility index (Phi) is 7.95. The van der Waals surface area contributed by atoms with E-state index in [0.717, 1.165) is 6.42 Å². The highest BCUT2D eigenvalue weighted by Gasteiger charge is 2.06. The molecule has 1 heterocycles. The van der Waals surface area contributed by atoms with E-state index in [1.807, 2.05) is 6.20 Å². The Morgan fingerprint density at radius 3 is 2.91 bits per heavy atom. The normalized spacial score (nSPS) is 10.5. The highest BCUT2D eigenvalue weighted by atomic mass is 35.5. The van der Waals surface area contributed by atoms with Crippen LogP contribution in [0.15, 0.2) is 24.4 Å². The predicted octanol–water partition coefficient (Wildman–Crippen LogP) is 1.79. The minimum absolute atomic E-state index is 0. The van der Waals surface area contributed by atoms with Crippen molar-refractivity contribution in [1.29, 1.82) is 0 Å². The average Bonchev–Trinajstić information content (AvgIpc) is 2.89. The Labute approximate surface area is 137 Å². The van der Waals surface area contributed by atoms with E-state index < -0.39 is 0 Å². The SMILES string of the molecule is COCCNCC(=O)NCCc1c[nH]c2c(C)cccc12.Cl. The molecule has 2 aromatic rings. The van der Waals surface area contributed by atoms with Crippen molar-refractivity contribution in [1.82, 2.24) is 15.6 Å². The molecule has 122 valence electrons. The summed E-state index contributed by atoms with van der Waals surface area (Å²) in [4.78, 5) is 14.9. The van der Waals surface area contributed by atoms with Crippen LogP contribution in [0.4, 0.5) is 0 Å². The lowest BCUT2D eigenvalue weighted by Crippen LogP contribution is -2.36. The molecule has 1 amide bonds. The van der Waals surface area contributed by atoms with Gasteiger partial charge in [-0.25, -0.2) is 0 Å². The third-order valence-electron chi connectivity index (χ3n) is 3.49. The number of aromatic nitrogens is 1. The number of para-hydroxylation sites is 1. The third kappa shape index (κ3) is 5.02. The number of aryl methyl sites for hydroxylation is 1. The van der Waals surface area contributed by atoms with Crippen LogP contribution in [0.3, 0.4) is 0 Å².